The minimum absolute atomic E-state index is 0.00793. The van der Waals surface area contributed by atoms with Crippen molar-refractivity contribution in [2.24, 2.45) is 5.84 Å². The van der Waals surface area contributed by atoms with E-state index in [1.165, 1.54) is 5.56 Å². The number of hydrazine groups is 1. The molecular weight excluding hydrogens is 332 g/mol. The van der Waals surface area contributed by atoms with E-state index in [2.05, 4.69) is 36.3 Å². The highest BCUT2D eigenvalue weighted by Gasteiger charge is 2.19. The molecule has 2 rings (SSSR count). The van der Waals surface area contributed by atoms with Gasteiger partial charge in [0.15, 0.2) is 0 Å². The molecule has 0 bridgehead atoms. The van der Waals surface area contributed by atoms with Gasteiger partial charge in [-0.3, -0.25) is 20.9 Å². The van der Waals surface area contributed by atoms with E-state index in [0.29, 0.717) is 0 Å². The van der Waals surface area contributed by atoms with E-state index in [9.17, 15) is 0 Å². The number of nitrogens with zero attached hydrogens (tertiary/aromatic N) is 4. The van der Waals surface area contributed by atoms with E-state index in [0.717, 1.165) is 29.7 Å². The number of rotatable bonds is 7. The molecule has 2 aromatic heterocycles. The smallest absolute Gasteiger partial charge is 0.0713 e. The second-order valence-corrected chi connectivity index (χ2v) is 6.04. The summed E-state index contributed by atoms with van der Waals surface area (Å²) >= 11 is 3.57. The van der Waals surface area contributed by atoms with Crippen LogP contribution in [0.5, 0.6) is 0 Å². The molecule has 0 saturated heterocycles. The van der Waals surface area contributed by atoms with Gasteiger partial charge >= 0.3 is 0 Å². The summed E-state index contributed by atoms with van der Waals surface area (Å²) in [5.41, 5.74) is 5.14. The van der Waals surface area contributed by atoms with Gasteiger partial charge in [-0.05, 0) is 54.1 Å². The first-order valence-corrected chi connectivity index (χ1v) is 7.62. The maximum atomic E-state index is 5.77. The van der Waals surface area contributed by atoms with Gasteiger partial charge in [-0.15, -0.1) is 0 Å². The Morgan fingerprint density at radius 1 is 1.38 bits per heavy atom. The van der Waals surface area contributed by atoms with Crippen molar-refractivity contribution in [1.82, 2.24) is 25.1 Å². The lowest BCUT2D eigenvalue weighted by atomic mass is 10.0. The molecule has 3 N–H and O–H groups in total. The number of aromatic nitrogens is 3. The molecule has 6 nitrogen and oxygen atoms in total. The average Bonchev–Trinajstić information content (AvgIpc) is 2.85. The quantitative estimate of drug-likeness (QED) is 0.581. The van der Waals surface area contributed by atoms with Crippen LogP contribution in [-0.2, 0) is 13.0 Å². The van der Waals surface area contributed by atoms with Gasteiger partial charge in [0, 0.05) is 18.9 Å². The molecule has 2 heterocycles. The Hall–Kier alpha value is -1.28. The molecule has 0 aliphatic carbocycles. The van der Waals surface area contributed by atoms with Crippen molar-refractivity contribution in [3.8, 4) is 0 Å². The molecule has 0 saturated carbocycles. The predicted octanol–water partition coefficient (Wildman–Crippen LogP) is 1.35. The van der Waals surface area contributed by atoms with Crippen molar-refractivity contribution in [2.45, 2.75) is 19.0 Å². The topological polar surface area (TPSA) is 72.0 Å². The average molecular weight is 353 g/mol. The third kappa shape index (κ3) is 4.34. The number of nitrogens with one attached hydrogen (secondary N) is 1. The van der Waals surface area contributed by atoms with Gasteiger partial charge in [-0.2, -0.15) is 5.10 Å². The summed E-state index contributed by atoms with van der Waals surface area (Å²) in [6, 6.07) is 3.99. The standard InChI is InChI=1S/C14H21BrN6/c1-20(2)7-8-21-14(12(15)10-18-21)13(19-16)9-11-3-5-17-6-4-11/h3-6,10,13,19H,7-9,16H2,1-2H3. The van der Waals surface area contributed by atoms with Crippen molar-refractivity contribution < 1.29 is 0 Å². The van der Waals surface area contributed by atoms with Gasteiger partial charge < -0.3 is 4.90 Å². The van der Waals surface area contributed by atoms with Crippen LogP contribution in [0.3, 0.4) is 0 Å². The fourth-order valence-electron chi connectivity index (χ4n) is 2.18. The summed E-state index contributed by atoms with van der Waals surface area (Å²) in [6.07, 6.45) is 6.19. The third-order valence-electron chi connectivity index (χ3n) is 3.31. The van der Waals surface area contributed by atoms with Gasteiger partial charge in [0.05, 0.1) is 29.0 Å². The zero-order valence-corrected chi connectivity index (χ0v) is 13.9. The maximum Gasteiger partial charge on any atom is 0.0713 e. The molecule has 0 aliphatic heterocycles. The molecule has 114 valence electrons. The molecule has 0 aliphatic rings. The van der Waals surface area contributed by atoms with Crippen LogP contribution in [0.4, 0.5) is 0 Å². The largest absolute Gasteiger partial charge is 0.308 e. The normalized spacial score (nSPS) is 12.8. The molecule has 1 atom stereocenters. The molecule has 0 fully saturated rings. The molecular formula is C14H21BrN6. The van der Waals surface area contributed by atoms with Crippen molar-refractivity contribution in [2.75, 3.05) is 20.6 Å². The van der Waals surface area contributed by atoms with Gasteiger partial charge in [0.1, 0.15) is 0 Å². The van der Waals surface area contributed by atoms with Crippen molar-refractivity contribution in [3.05, 3.63) is 46.5 Å². The maximum absolute atomic E-state index is 5.77. The molecule has 0 spiro atoms. The number of likely N-dealkylation sites (N-methyl/N-ethyl adjacent to an activating group) is 1. The van der Waals surface area contributed by atoms with E-state index in [1.54, 1.807) is 12.4 Å². The molecule has 7 heteroatoms. The number of pyridine rings is 1. The first-order chi connectivity index (χ1) is 10.1. The van der Waals surface area contributed by atoms with Crippen LogP contribution in [0.25, 0.3) is 0 Å². The minimum atomic E-state index is -0.00793. The number of nitrogens with two attached hydrogens (primary N) is 1. The summed E-state index contributed by atoms with van der Waals surface area (Å²) in [6.45, 7) is 1.75. The van der Waals surface area contributed by atoms with Crippen LogP contribution in [-0.4, -0.2) is 40.3 Å². The van der Waals surface area contributed by atoms with Crippen molar-refractivity contribution in [3.63, 3.8) is 0 Å². The lowest BCUT2D eigenvalue weighted by molar-refractivity contribution is 0.362. The summed E-state index contributed by atoms with van der Waals surface area (Å²) in [4.78, 5) is 6.17. The van der Waals surface area contributed by atoms with Crippen molar-refractivity contribution in [1.29, 1.82) is 0 Å². The van der Waals surface area contributed by atoms with E-state index < -0.39 is 0 Å². The zero-order valence-electron chi connectivity index (χ0n) is 12.3. The molecule has 0 amide bonds. The number of halogens is 1. The SMILES string of the molecule is CN(C)CCn1ncc(Br)c1C(Cc1ccncc1)NN. The van der Waals surface area contributed by atoms with E-state index in [-0.39, 0.29) is 6.04 Å². The number of hydrogen-bond acceptors (Lipinski definition) is 5. The van der Waals surface area contributed by atoms with Crippen LogP contribution in [0.1, 0.15) is 17.3 Å². The molecule has 21 heavy (non-hydrogen) atoms. The summed E-state index contributed by atoms with van der Waals surface area (Å²) < 4.78 is 2.97. The third-order valence-corrected chi connectivity index (χ3v) is 3.92. The Morgan fingerprint density at radius 3 is 2.71 bits per heavy atom. The second kappa shape index (κ2) is 7.65. The Balaban J connectivity index is 2.19. The van der Waals surface area contributed by atoms with Crippen LogP contribution in [0, 0.1) is 0 Å². The Labute approximate surface area is 133 Å². The summed E-state index contributed by atoms with van der Waals surface area (Å²) in [7, 11) is 4.10. The molecule has 0 radical (unpaired) electrons. The predicted molar refractivity (Wildman–Crippen MR) is 86.5 cm³/mol. The van der Waals surface area contributed by atoms with Gasteiger partial charge in [0.25, 0.3) is 0 Å². The lowest BCUT2D eigenvalue weighted by Crippen LogP contribution is -2.32. The van der Waals surface area contributed by atoms with E-state index >= 15 is 0 Å². The van der Waals surface area contributed by atoms with Gasteiger partial charge in [-0.1, -0.05) is 0 Å². The molecule has 1 unspecified atom stereocenters. The van der Waals surface area contributed by atoms with Gasteiger partial charge in [-0.25, -0.2) is 0 Å². The number of hydrogen-bond donors (Lipinski definition) is 2. The lowest BCUT2D eigenvalue weighted by Gasteiger charge is -2.19. The first-order valence-electron chi connectivity index (χ1n) is 6.82. The van der Waals surface area contributed by atoms with Crippen LogP contribution < -0.4 is 11.3 Å². The zero-order chi connectivity index (χ0) is 15.2. The second-order valence-electron chi connectivity index (χ2n) is 5.18. The van der Waals surface area contributed by atoms with Gasteiger partial charge in [0.2, 0.25) is 0 Å². The van der Waals surface area contributed by atoms with Crippen LogP contribution in [0.15, 0.2) is 35.2 Å². The highest BCUT2D eigenvalue weighted by atomic mass is 79.9. The van der Waals surface area contributed by atoms with E-state index in [1.807, 2.05) is 37.1 Å². The highest BCUT2D eigenvalue weighted by Crippen LogP contribution is 2.25. The van der Waals surface area contributed by atoms with Crippen LogP contribution >= 0.6 is 15.9 Å². The fourth-order valence-corrected chi connectivity index (χ4v) is 2.75. The fraction of sp³-hybridized carbons (Fsp3) is 0.429. The minimum Gasteiger partial charge on any atom is -0.308 e. The monoisotopic (exact) mass is 352 g/mol. The van der Waals surface area contributed by atoms with E-state index in [4.69, 9.17) is 5.84 Å². The summed E-state index contributed by atoms with van der Waals surface area (Å²) in [5, 5.41) is 4.43. The molecule has 2 aromatic rings. The Kier molecular flexibility index (Phi) is 5.86. The van der Waals surface area contributed by atoms with Crippen LogP contribution in [0.2, 0.25) is 0 Å². The highest BCUT2D eigenvalue weighted by molar-refractivity contribution is 9.10. The first kappa shape index (κ1) is 16.1. The van der Waals surface area contributed by atoms with Crippen molar-refractivity contribution >= 4 is 15.9 Å². The Bertz CT molecular complexity index is 554. The Morgan fingerprint density at radius 2 is 2.10 bits per heavy atom. The molecule has 0 aromatic carbocycles. The summed E-state index contributed by atoms with van der Waals surface area (Å²) in [5.74, 6) is 5.77.